The van der Waals surface area contributed by atoms with Crippen LogP contribution in [0, 0.1) is 0 Å². The number of hydrogen-bond donors (Lipinski definition) is 2. The van der Waals surface area contributed by atoms with E-state index in [1.165, 1.54) is 6.92 Å². The minimum atomic E-state index is -0.293. The monoisotopic (exact) mass is 307 g/mol. The number of aromatic amines is 1. The van der Waals surface area contributed by atoms with Gasteiger partial charge in [-0.15, -0.1) is 10.2 Å². The second-order valence-corrected chi connectivity index (χ2v) is 4.91. The molecule has 0 radical (unpaired) electrons. The normalized spacial score (nSPS) is 10.3. The van der Waals surface area contributed by atoms with Crippen molar-refractivity contribution in [2.45, 2.75) is 6.92 Å². The van der Waals surface area contributed by atoms with Gasteiger partial charge in [0.25, 0.3) is 5.91 Å². The van der Waals surface area contributed by atoms with Crippen LogP contribution in [0.1, 0.15) is 27.6 Å². The average molecular weight is 307 g/mol. The summed E-state index contributed by atoms with van der Waals surface area (Å²) in [6.07, 6.45) is 0. The third kappa shape index (κ3) is 3.29. The molecule has 0 aliphatic rings. The fraction of sp³-hybridized carbons (Fsp3) is 0.0625. The van der Waals surface area contributed by atoms with E-state index < -0.39 is 0 Å². The summed E-state index contributed by atoms with van der Waals surface area (Å²) in [5, 5.41) is 16.5. The number of carbonyl (C=O) groups is 2. The SMILES string of the molecule is CC(=O)c1cccc(C(=O)Nc2cccc(-c3nn[nH]n3)c2)c1. The Labute approximate surface area is 131 Å². The number of Topliss-reactive ketones (excluding diaryl/α,β-unsaturated/α-hetero) is 1. The molecule has 0 atom stereocenters. The first-order valence-electron chi connectivity index (χ1n) is 6.90. The van der Waals surface area contributed by atoms with Crippen molar-refractivity contribution in [2.75, 3.05) is 5.32 Å². The number of amides is 1. The Kier molecular flexibility index (Phi) is 3.92. The molecule has 0 spiro atoms. The maximum absolute atomic E-state index is 12.3. The molecule has 1 amide bonds. The molecule has 7 heteroatoms. The molecule has 0 aliphatic carbocycles. The van der Waals surface area contributed by atoms with Gasteiger partial charge in [-0.3, -0.25) is 9.59 Å². The van der Waals surface area contributed by atoms with Crippen LogP contribution in [0.4, 0.5) is 5.69 Å². The molecule has 1 heterocycles. The molecule has 0 aliphatic heterocycles. The van der Waals surface area contributed by atoms with Crippen LogP contribution in [0.2, 0.25) is 0 Å². The average Bonchev–Trinajstić information content (AvgIpc) is 3.10. The summed E-state index contributed by atoms with van der Waals surface area (Å²) in [6.45, 7) is 1.46. The lowest BCUT2D eigenvalue weighted by Crippen LogP contribution is -2.12. The lowest BCUT2D eigenvalue weighted by molar-refractivity contribution is 0.101. The highest BCUT2D eigenvalue weighted by Gasteiger charge is 2.10. The Morgan fingerprint density at radius 2 is 1.83 bits per heavy atom. The third-order valence-electron chi connectivity index (χ3n) is 3.26. The molecule has 3 aromatic rings. The number of tetrazole rings is 1. The standard InChI is InChI=1S/C16H13N5O2/c1-10(22)11-4-2-6-13(8-11)16(23)17-14-7-3-5-12(9-14)15-18-20-21-19-15/h2-9H,1H3,(H,17,23)(H,18,19,20,21). The number of ketones is 1. The minimum absolute atomic E-state index is 0.0845. The summed E-state index contributed by atoms with van der Waals surface area (Å²) in [7, 11) is 0. The van der Waals surface area contributed by atoms with Crippen molar-refractivity contribution in [1.82, 2.24) is 20.6 Å². The zero-order valence-electron chi connectivity index (χ0n) is 12.3. The number of carbonyl (C=O) groups excluding carboxylic acids is 2. The van der Waals surface area contributed by atoms with Gasteiger partial charge in [0.1, 0.15) is 0 Å². The van der Waals surface area contributed by atoms with Crippen molar-refractivity contribution in [1.29, 1.82) is 0 Å². The van der Waals surface area contributed by atoms with E-state index in [1.54, 1.807) is 42.5 Å². The van der Waals surface area contributed by atoms with Gasteiger partial charge >= 0.3 is 0 Å². The predicted molar refractivity (Wildman–Crippen MR) is 84.0 cm³/mol. The van der Waals surface area contributed by atoms with Crippen LogP contribution in [-0.2, 0) is 0 Å². The molecule has 1 aromatic heterocycles. The van der Waals surface area contributed by atoms with Crippen LogP contribution < -0.4 is 5.32 Å². The highest BCUT2D eigenvalue weighted by Crippen LogP contribution is 2.19. The number of nitrogens with one attached hydrogen (secondary N) is 2. The van der Waals surface area contributed by atoms with E-state index >= 15 is 0 Å². The van der Waals surface area contributed by atoms with E-state index in [9.17, 15) is 9.59 Å². The van der Waals surface area contributed by atoms with E-state index in [4.69, 9.17) is 0 Å². The Morgan fingerprint density at radius 1 is 1.04 bits per heavy atom. The second kappa shape index (κ2) is 6.18. The largest absolute Gasteiger partial charge is 0.322 e. The van der Waals surface area contributed by atoms with Crippen molar-refractivity contribution in [3.05, 3.63) is 59.7 Å². The number of aromatic nitrogens is 4. The molecule has 0 bridgehead atoms. The summed E-state index contributed by atoms with van der Waals surface area (Å²) in [6, 6.07) is 13.7. The van der Waals surface area contributed by atoms with Gasteiger partial charge in [-0.05, 0) is 36.4 Å². The highest BCUT2D eigenvalue weighted by molar-refractivity contribution is 6.06. The van der Waals surface area contributed by atoms with Crippen molar-refractivity contribution in [3.8, 4) is 11.4 Å². The Bertz CT molecular complexity index is 858. The van der Waals surface area contributed by atoms with Gasteiger partial charge in [0.2, 0.25) is 5.82 Å². The first kappa shape index (κ1) is 14.6. The smallest absolute Gasteiger partial charge is 0.255 e. The van der Waals surface area contributed by atoms with Crippen LogP contribution in [0.25, 0.3) is 11.4 Å². The predicted octanol–water partition coefficient (Wildman–Crippen LogP) is 2.32. The van der Waals surface area contributed by atoms with E-state index in [0.717, 1.165) is 5.56 Å². The van der Waals surface area contributed by atoms with Gasteiger partial charge in [-0.25, -0.2) is 0 Å². The number of benzene rings is 2. The Balaban J connectivity index is 1.82. The molecule has 0 saturated heterocycles. The van der Waals surface area contributed by atoms with Crippen LogP contribution in [-0.4, -0.2) is 32.3 Å². The quantitative estimate of drug-likeness (QED) is 0.720. The van der Waals surface area contributed by atoms with Gasteiger partial charge in [-0.2, -0.15) is 5.21 Å². The van der Waals surface area contributed by atoms with Gasteiger partial charge in [0.05, 0.1) is 0 Å². The Hall–Kier alpha value is -3.35. The summed E-state index contributed by atoms with van der Waals surface area (Å²) < 4.78 is 0. The molecule has 2 N–H and O–H groups in total. The lowest BCUT2D eigenvalue weighted by atomic mass is 10.1. The molecule has 0 unspecified atom stereocenters. The first-order valence-corrected chi connectivity index (χ1v) is 6.90. The molecule has 3 rings (SSSR count). The van der Waals surface area contributed by atoms with E-state index in [1.807, 2.05) is 6.07 Å². The number of H-pyrrole nitrogens is 1. The molecule has 114 valence electrons. The topological polar surface area (TPSA) is 101 Å². The molecule has 23 heavy (non-hydrogen) atoms. The number of nitrogens with zero attached hydrogens (tertiary/aromatic N) is 3. The highest BCUT2D eigenvalue weighted by atomic mass is 16.1. The molecular weight excluding hydrogens is 294 g/mol. The molecular formula is C16H13N5O2. The first-order chi connectivity index (χ1) is 11.1. The maximum Gasteiger partial charge on any atom is 0.255 e. The van der Waals surface area contributed by atoms with Gasteiger partial charge in [-0.1, -0.05) is 24.3 Å². The summed E-state index contributed by atoms with van der Waals surface area (Å²) in [5.74, 6) is 0.0665. The van der Waals surface area contributed by atoms with Crippen LogP contribution >= 0.6 is 0 Å². The van der Waals surface area contributed by atoms with Crippen molar-refractivity contribution < 1.29 is 9.59 Å². The lowest BCUT2D eigenvalue weighted by Gasteiger charge is -2.07. The molecule has 2 aromatic carbocycles. The molecule has 0 saturated carbocycles. The fourth-order valence-electron chi connectivity index (χ4n) is 2.10. The van der Waals surface area contributed by atoms with E-state index in [-0.39, 0.29) is 11.7 Å². The van der Waals surface area contributed by atoms with Crippen LogP contribution in [0.15, 0.2) is 48.5 Å². The van der Waals surface area contributed by atoms with Gasteiger partial charge in [0.15, 0.2) is 5.78 Å². The zero-order chi connectivity index (χ0) is 16.2. The van der Waals surface area contributed by atoms with Crippen LogP contribution in [0.3, 0.4) is 0 Å². The van der Waals surface area contributed by atoms with Crippen molar-refractivity contribution in [2.24, 2.45) is 0 Å². The maximum atomic E-state index is 12.3. The Morgan fingerprint density at radius 3 is 2.57 bits per heavy atom. The van der Waals surface area contributed by atoms with Gasteiger partial charge in [0, 0.05) is 22.4 Å². The van der Waals surface area contributed by atoms with Crippen molar-refractivity contribution >= 4 is 17.4 Å². The zero-order valence-corrected chi connectivity index (χ0v) is 12.3. The minimum Gasteiger partial charge on any atom is -0.322 e. The third-order valence-corrected chi connectivity index (χ3v) is 3.26. The molecule has 7 nitrogen and oxygen atoms in total. The van der Waals surface area contributed by atoms with Crippen molar-refractivity contribution in [3.63, 3.8) is 0 Å². The fourth-order valence-corrected chi connectivity index (χ4v) is 2.10. The summed E-state index contributed by atoms with van der Waals surface area (Å²) in [5.41, 5.74) is 2.25. The molecule has 0 fully saturated rings. The number of rotatable bonds is 4. The van der Waals surface area contributed by atoms with E-state index in [2.05, 4.69) is 25.9 Å². The van der Waals surface area contributed by atoms with Crippen LogP contribution in [0.5, 0.6) is 0 Å². The van der Waals surface area contributed by atoms with Gasteiger partial charge < -0.3 is 5.32 Å². The summed E-state index contributed by atoms with van der Waals surface area (Å²) >= 11 is 0. The number of anilines is 1. The van der Waals surface area contributed by atoms with E-state index in [0.29, 0.717) is 22.6 Å². The second-order valence-electron chi connectivity index (χ2n) is 4.91. The number of hydrogen-bond acceptors (Lipinski definition) is 5. The summed E-state index contributed by atoms with van der Waals surface area (Å²) in [4.78, 5) is 23.7.